The molecule has 0 bridgehead atoms. The number of nitrogens with two attached hydrogens (primary N) is 1. The van der Waals surface area contributed by atoms with Gasteiger partial charge in [0.25, 0.3) is 0 Å². The lowest BCUT2D eigenvalue weighted by atomic mass is 10.0. The zero-order chi connectivity index (χ0) is 14.4. The van der Waals surface area contributed by atoms with Gasteiger partial charge in [-0.1, -0.05) is 26.7 Å². The first-order valence-corrected chi connectivity index (χ1v) is 6.83. The molecule has 0 aliphatic carbocycles. The molecule has 1 aromatic rings. The largest absolute Gasteiger partial charge is 0.495 e. The van der Waals surface area contributed by atoms with Crippen LogP contribution in [0.3, 0.4) is 0 Å². The number of ether oxygens (including phenoxy) is 1. The van der Waals surface area contributed by atoms with Crippen LogP contribution in [0.2, 0.25) is 0 Å². The summed E-state index contributed by atoms with van der Waals surface area (Å²) in [7, 11) is 1.53. The predicted octanol–water partition coefficient (Wildman–Crippen LogP) is 4.04. The van der Waals surface area contributed by atoms with E-state index < -0.39 is 0 Å². The molecule has 0 amide bonds. The van der Waals surface area contributed by atoms with Crippen molar-refractivity contribution in [1.82, 2.24) is 0 Å². The lowest BCUT2D eigenvalue weighted by Crippen LogP contribution is -2.16. The molecule has 0 saturated heterocycles. The Morgan fingerprint density at radius 1 is 1.26 bits per heavy atom. The molecule has 0 saturated carbocycles. The third-order valence-corrected chi connectivity index (χ3v) is 3.14. The first-order chi connectivity index (χ1) is 8.93. The van der Waals surface area contributed by atoms with E-state index in [0.29, 0.717) is 23.0 Å². The van der Waals surface area contributed by atoms with Crippen LogP contribution >= 0.6 is 0 Å². The van der Waals surface area contributed by atoms with Gasteiger partial charge in [-0.15, -0.1) is 0 Å². The highest BCUT2D eigenvalue weighted by Crippen LogP contribution is 2.29. The van der Waals surface area contributed by atoms with E-state index in [2.05, 4.69) is 26.1 Å². The van der Waals surface area contributed by atoms with E-state index in [1.807, 2.05) is 0 Å². The quantitative estimate of drug-likeness (QED) is 0.734. The number of hydrogen-bond donors (Lipinski definition) is 2. The first kappa shape index (κ1) is 15.6. The Kier molecular flexibility index (Phi) is 5.93. The summed E-state index contributed by atoms with van der Waals surface area (Å²) in [6, 6.07) is 3.13. The number of nitrogens with one attached hydrogen (secondary N) is 1. The second kappa shape index (κ2) is 7.22. The molecule has 3 N–H and O–H groups in total. The van der Waals surface area contributed by atoms with Crippen LogP contribution < -0.4 is 15.8 Å². The van der Waals surface area contributed by atoms with E-state index in [0.717, 1.165) is 12.8 Å². The number of hydrogen-bond acceptors (Lipinski definition) is 3. The summed E-state index contributed by atoms with van der Waals surface area (Å²) in [5.41, 5.74) is 6.42. The lowest BCUT2D eigenvalue weighted by molar-refractivity contribution is 0.416. The number of rotatable bonds is 7. The van der Waals surface area contributed by atoms with Crippen molar-refractivity contribution in [1.29, 1.82) is 0 Å². The summed E-state index contributed by atoms with van der Waals surface area (Å²) >= 11 is 0. The minimum Gasteiger partial charge on any atom is -0.495 e. The van der Waals surface area contributed by atoms with Gasteiger partial charge < -0.3 is 15.8 Å². The van der Waals surface area contributed by atoms with Crippen molar-refractivity contribution >= 4 is 11.4 Å². The molecule has 0 aliphatic heterocycles. The average molecular weight is 268 g/mol. The van der Waals surface area contributed by atoms with Crippen LogP contribution in [0, 0.1) is 11.7 Å². The van der Waals surface area contributed by atoms with Gasteiger partial charge in [0.05, 0.1) is 18.5 Å². The molecule has 1 unspecified atom stereocenters. The van der Waals surface area contributed by atoms with Gasteiger partial charge in [-0.2, -0.15) is 0 Å². The van der Waals surface area contributed by atoms with Crippen LogP contribution in [-0.4, -0.2) is 13.2 Å². The van der Waals surface area contributed by atoms with E-state index in [4.69, 9.17) is 10.5 Å². The van der Waals surface area contributed by atoms with E-state index in [9.17, 15) is 4.39 Å². The molecule has 4 heteroatoms. The molecular formula is C15H25FN2O. The molecule has 108 valence electrons. The van der Waals surface area contributed by atoms with Gasteiger partial charge in [0, 0.05) is 18.2 Å². The summed E-state index contributed by atoms with van der Waals surface area (Å²) in [5.74, 6) is 0.868. The summed E-state index contributed by atoms with van der Waals surface area (Å²) in [6.45, 7) is 6.48. The van der Waals surface area contributed by atoms with Crippen molar-refractivity contribution in [2.24, 2.45) is 5.92 Å². The summed E-state index contributed by atoms with van der Waals surface area (Å²) in [6.07, 6.45) is 3.35. The molecule has 0 aromatic heterocycles. The van der Waals surface area contributed by atoms with Crippen molar-refractivity contribution in [3.8, 4) is 5.75 Å². The Bertz CT molecular complexity index is 407. The maximum atomic E-state index is 13.8. The standard InChI is InChI=1S/C15H25FN2O/c1-10(2)6-5-7-11(3)18-14-9-15(19-4)13(17)8-12(14)16/h8-11,18H,5-7,17H2,1-4H3. The van der Waals surface area contributed by atoms with Crippen molar-refractivity contribution < 1.29 is 9.13 Å². The Morgan fingerprint density at radius 2 is 1.95 bits per heavy atom. The lowest BCUT2D eigenvalue weighted by Gasteiger charge is -2.17. The first-order valence-electron chi connectivity index (χ1n) is 6.83. The van der Waals surface area contributed by atoms with Gasteiger partial charge in [0.15, 0.2) is 0 Å². The predicted molar refractivity (Wildman–Crippen MR) is 79.1 cm³/mol. The average Bonchev–Trinajstić information content (AvgIpc) is 2.32. The highest BCUT2D eigenvalue weighted by molar-refractivity contribution is 5.62. The van der Waals surface area contributed by atoms with E-state index in [1.54, 1.807) is 6.07 Å². The number of nitrogen functional groups attached to an aromatic ring is 1. The van der Waals surface area contributed by atoms with Crippen molar-refractivity contribution in [2.75, 3.05) is 18.2 Å². The topological polar surface area (TPSA) is 47.3 Å². The molecule has 1 aromatic carbocycles. The molecule has 0 fully saturated rings. The molecule has 1 rings (SSSR count). The Labute approximate surface area is 115 Å². The van der Waals surface area contributed by atoms with Crippen LogP contribution in [0.1, 0.15) is 40.0 Å². The minimum absolute atomic E-state index is 0.224. The fraction of sp³-hybridized carbons (Fsp3) is 0.600. The van der Waals surface area contributed by atoms with Gasteiger partial charge in [-0.25, -0.2) is 4.39 Å². The number of anilines is 2. The highest BCUT2D eigenvalue weighted by Gasteiger charge is 2.11. The fourth-order valence-electron chi connectivity index (χ4n) is 2.03. The summed E-state index contributed by atoms with van der Waals surface area (Å²) < 4.78 is 18.9. The molecular weight excluding hydrogens is 243 g/mol. The van der Waals surface area contributed by atoms with Gasteiger partial charge in [0.1, 0.15) is 11.6 Å². The highest BCUT2D eigenvalue weighted by atomic mass is 19.1. The number of halogens is 1. The van der Waals surface area contributed by atoms with E-state index >= 15 is 0 Å². The Balaban J connectivity index is 2.60. The van der Waals surface area contributed by atoms with Gasteiger partial charge in [0.2, 0.25) is 0 Å². The maximum absolute atomic E-state index is 13.8. The number of methoxy groups -OCH3 is 1. The van der Waals surface area contributed by atoms with Gasteiger partial charge >= 0.3 is 0 Å². The second-order valence-corrected chi connectivity index (χ2v) is 5.44. The van der Waals surface area contributed by atoms with Crippen LogP contribution in [0.15, 0.2) is 12.1 Å². The summed E-state index contributed by atoms with van der Waals surface area (Å²) in [4.78, 5) is 0. The smallest absolute Gasteiger partial charge is 0.148 e. The third-order valence-electron chi connectivity index (χ3n) is 3.14. The van der Waals surface area contributed by atoms with E-state index in [1.165, 1.54) is 19.6 Å². The molecule has 0 radical (unpaired) electrons. The van der Waals surface area contributed by atoms with Crippen molar-refractivity contribution in [3.05, 3.63) is 17.9 Å². The maximum Gasteiger partial charge on any atom is 0.148 e. The molecule has 0 heterocycles. The SMILES string of the molecule is COc1cc(NC(C)CCCC(C)C)c(F)cc1N. The van der Waals surface area contributed by atoms with Gasteiger partial charge in [-0.05, 0) is 19.3 Å². The van der Waals surface area contributed by atoms with Crippen LogP contribution in [0.5, 0.6) is 5.75 Å². The normalized spacial score (nSPS) is 12.5. The zero-order valence-corrected chi connectivity index (χ0v) is 12.3. The summed E-state index contributed by atoms with van der Waals surface area (Å²) in [5, 5.41) is 3.18. The fourth-order valence-corrected chi connectivity index (χ4v) is 2.03. The van der Waals surface area contributed by atoms with Crippen molar-refractivity contribution in [3.63, 3.8) is 0 Å². The van der Waals surface area contributed by atoms with Crippen molar-refractivity contribution in [2.45, 2.75) is 46.1 Å². The Morgan fingerprint density at radius 3 is 2.53 bits per heavy atom. The molecule has 0 aliphatic rings. The van der Waals surface area contributed by atoms with Crippen LogP contribution in [-0.2, 0) is 0 Å². The molecule has 3 nitrogen and oxygen atoms in total. The second-order valence-electron chi connectivity index (χ2n) is 5.44. The zero-order valence-electron chi connectivity index (χ0n) is 12.3. The number of benzene rings is 1. The van der Waals surface area contributed by atoms with E-state index in [-0.39, 0.29) is 11.9 Å². The Hall–Kier alpha value is -1.45. The minimum atomic E-state index is -0.339. The third kappa shape index (κ3) is 4.97. The van der Waals surface area contributed by atoms with Crippen LogP contribution in [0.4, 0.5) is 15.8 Å². The molecule has 19 heavy (non-hydrogen) atoms. The molecule has 1 atom stereocenters. The van der Waals surface area contributed by atoms with Gasteiger partial charge in [-0.3, -0.25) is 0 Å². The monoisotopic (exact) mass is 268 g/mol. The molecule has 0 spiro atoms. The van der Waals surface area contributed by atoms with Crippen LogP contribution in [0.25, 0.3) is 0 Å².